The summed E-state index contributed by atoms with van der Waals surface area (Å²) in [6.45, 7) is 5.28. The second-order valence-corrected chi connectivity index (χ2v) is 5.68. The van der Waals surface area contributed by atoms with E-state index >= 15 is 0 Å². The van der Waals surface area contributed by atoms with E-state index < -0.39 is 0 Å². The smallest absolute Gasteiger partial charge is 0.132 e. The highest BCUT2D eigenvalue weighted by molar-refractivity contribution is 5.48. The maximum absolute atomic E-state index is 4.45. The average molecular weight is 261 g/mol. The molecule has 0 bridgehead atoms. The predicted octanol–water partition coefficient (Wildman–Crippen LogP) is 1.77. The van der Waals surface area contributed by atoms with Crippen molar-refractivity contribution in [3.63, 3.8) is 0 Å². The first-order valence-electron chi connectivity index (χ1n) is 7.36. The Hall–Kier alpha value is -1.36. The molecule has 19 heavy (non-hydrogen) atoms. The van der Waals surface area contributed by atoms with Crippen molar-refractivity contribution in [3.05, 3.63) is 11.9 Å². The van der Waals surface area contributed by atoms with Gasteiger partial charge in [0, 0.05) is 18.7 Å². The summed E-state index contributed by atoms with van der Waals surface area (Å²) < 4.78 is 0. The van der Waals surface area contributed by atoms with Crippen LogP contribution in [0.4, 0.5) is 11.6 Å². The number of anilines is 2. The van der Waals surface area contributed by atoms with Crippen molar-refractivity contribution in [1.29, 1.82) is 0 Å². The molecule has 0 aromatic carbocycles. The quantitative estimate of drug-likeness (QED) is 0.728. The molecule has 5 heteroatoms. The fourth-order valence-corrected chi connectivity index (χ4v) is 2.53. The van der Waals surface area contributed by atoms with Gasteiger partial charge in [0.2, 0.25) is 0 Å². The first-order valence-corrected chi connectivity index (χ1v) is 7.36. The highest BCUT2D eigenvalue weighted by Crippen LogP contribution is 2.24. The van der Waals surface area contributed by atoms with Gasteiger partial charge in [-0.15, -0.1) is 0 Å². The van der Waals surface area contributed by atoms with Crippen LogP contribution in [-0.4, -0.2) is 35.6 Å². The number of nitrogens with zero attached hydrogens (tertiary/aromatic N) is 2. The Morgan fingerprint density at radius 3 is 2.84 bits per heavy atom. The Morgan fingerprint density at radius 1 is 1.26 bits per heavy atom. The van der Waals surface area contributed by atoms with E-state index in [9.17, 15) is 0 Å². The van der Waals surface area contributed by atoms with E-state index in [-0.39, 0.29) is 0 Å². The summed E-state index contributed by atoms with van der Waals surface area (Å²) in [5.41, 5.74) is 0. The zero-order valence-corrected chi connectivity index (χ0v) is 11.6. The highest BCUT2D eigenvalue weighted by atomic mass is 15.1. The van der Waals surface area contributed by atoms with E-state index in [1.165, 1.54) is 38.8 Å². The van der Waals surface area contributed by atoms with Gasteiger partial charge < -0.3 is 16.0 Å². The van der Waals surface area contributed by atoms with Crippen molar-refractivity contribution in [2.24, 2.45) is 5.92 Å². The molecular formula is C14H23N5. The zero-order chi connectivity index (χ0) is 13.1. The van der Waals surface area contributed by atoms with Gasteiger partial charge in [0.05, 0.1) is 0 Å². The summed E-state index contributed by atoms with van der Waals surface area (Å²) in [4.78, 5) is 8.88. The molecule has 1 atom stereocenters. The molecule has 1 aromatic rings. The number of aromatic nitrogens is 2. The van der Waals surface area contributed by atoms with Gasteiger partial charge >= 0.3 is 0 Å². The third-order valence-corrected chi connectivity index (χ3v) is 3.79. The third-order valence-electron chi connectivity index (χ3n) is 3.79. The van der Waals surface area contributed by atoms with Gasteiger partial charge in [-0.25, -0.2) is 9.97 Å². The Morgan fingerprint density at radius 2 is 2.11 bits per heavy atom. The van der Waals surface area contributed by atoms with Crippen LogP contribution in [0.3, 0.4) is 0 Å². The molecule has 1 aliphatic carbocycles. The molecular weight excluding hydrogens is 238 g/mol. The lowest BCUT2D eigenvalue weighted by molar-refractivity contribution is 0.549. The molecule has 0 radical (unpaired) electrons. The van der Waals surface area contributed by atoms with Gasteiger partial charge in [-0.3, -0.25) is 0 Å². The largest absolute Gasteiger partial charge is 0.370 e. The van der Waals surface area contributed by atoms with Crippen molar-refractivity contribution < 1.29 is 0 Å². The summed E-state index contributed by atoms with van der Waals surface area (Å²) in [5.74, 6) is 3.55. The normalized spacial score (nSPS) is 22.5. The standard InChI is InChI=1S/C14H23N5/c1-10-17-13(8-14(18-10)19-12-2-3-12)16-7-5-11-4-6-15-9-11/h8,11-12,15H,2-7,9H2,1H3,(H2,16,17,18,19). The van der Waals surface area contributed by atoms with Crippen LogP contribution in [0.2, 0.25) is 0 Å². The lowest BCUT2D eigenvalue weighted by Crippen LogP contribution is -2.14. The summed E-state index contributed by atoms with van der Waals surface area (Å²) in [5, 5.41) is 10.3. The maximum Gasteiger partial charge on any atom is 0.132 e. The van der Waals surface area contributed by atoms with Crippen molar-refractivity contribution in [2.75, 3.05) is 30.3 Å². The summed E-state index contributed by atoms with van der Waals surface area (Å²) in [7, 11) is 0. The minimum Gasteiger partial charge on any atom is -0.370 e. The minimum absolute atomic E-state index is 0.631. The lowest BCUT2D eigenvalue weighted by atomic mass is 10.1. The van der Waals surface area contributed by atoms with Crippen molar-refractivity contribution in [1.82, 2.24) is 15.3 Å². The first-order chi connectivity index (χ1) is 9.29. The van der Waals surface area contributed by atoms with Crippen molar-refractivity contribution >= 4 is 11.6 Å². The number of hydrogen-bond acceptors (Lipinski definition) is 5. The molecule has 3 rings (SSSR count). The second kappa shape index (κ2) is 5.74. The molecule has 5 nitrogen and oxygen atoms in total. The monoisotopic (exact) mass is 261 g/mol. The lowest BCUT2D eigenvalue weighted by Gasteiger charge is -2.11. The fraction of sp³-hybridized carbons (Fsp3) is 0.714. The van der Waals surface area contributed by atoms with Gasteiger partial charge in [0.1, 0.15) is 17.5 Å². The first kappa shape index (κ1) is 12.7. The van der Waals surface area contributed by atoms with Crippen LogP contribution in [0.25, 0.3) is 0 Å². The topological polar surface area (TPSA) is 61.9 Å². The summed E-state index contributed by atoms with van der Waals surface area (Å²) in [6.07, 6.45) is 5.04. The van der Waals surface area contributed by atoms with Crippen LogP contribution in [0.1, 0.15) is 31.5 Å². The number of aryl methyl sites for hydroxylation is 1. The van der Waals surface area contributed by atoms with E-state index in [1.807, 2.05) is 13.0 Å². The number of rotatable bonds is 6. The molecule has 0 amide bonds. The molecule has 104 valence electrons. The van der Waals surface area contributed by atoms with Crippen LogP contribution in [-0.2, 0) is 0 Å². The number of hydrogen-bond donors (Lipinski definition) is 3. The molecule has 1 saturated carbocycles. The Balaban J connectivity index is 1.52. The third kappa shape index (κ3) is 3.80. The molecule has 1 aromatic heterocycles. The fourth-order valence-electron chi connectivity index (χ4n) is 2.53. The Kier molecular flexibility index (Phi) is 3.82. The summed E-state index contributed by atoms with van der Waals surface area (Å²) in [6, 6.07) is 2.66. The zero-order valence-electron chi connectivity index (χ0n) is 11.6. The SMILES string of the molecule is Cc1nc(NCCC2CCNC2)cc(NC2CC2)n1. The molecule has 0 spiro atoms. The molecule has 1 unspecified atom stereocenters. The van der Waals surface area contributed by atoms with Crippen LogP contribution >= 0.6 is 0 Å². The number of nitrogens with one attached hydrogen (secondary N) is 3. The van der Waals surface area contributed by atoms with E-state index in [4.69, 9.17) is 0 Å². The van der Waals surface area contributed by atoms with Gasteiger partial charge in [-0.2, -0.15) is 0 Å². The van der Waals surface area contributed by atoms with E-state index in [1.54, 1.807) is 0 Å². The van der Waals surface area contributed by atoms with Crippen LogP contribution in [0, 0.1) is 12.8 Å². The van der Waals surface area contributed by atoms with Gasteiger partial charge in [0.25, 0.3) is 0 Å². The highest BCUT2D eigenvalue weighted by Gasteiger charge is 2.21. The van der Waals surface area contributed by atoms with Gasteiger partial charge in [-0.1, -0.05) is 0 Å². The van der Waals surface area contributed by atoms with Gasteiger partial charge in [-0.05, 0) is 51.6 Å². The van der Waals surface area contributed by atoms with Gasteiger partial charge in [0.15, 0.2) is 0 Å². The molecule has 2 aliphatic rings. The van der Waals surface area contributed by atoms with Crippen LogP contribution < -0.4 is 16.0 Å². The van der Waals surface area contributed by atoms with E-state index in [0.717, 1.165) is 29.9 Å². The molecule has 2 fully saturated rings. The van der Waals surface area contributed by atoms with Crippen LogP contribution in [0.5, 0.6) is 0 Å². The van der Waals surface area contributed by atoms with E-state index in [2.05, 4.69) is 25.9 Å². The average Bonchev–Trinajstić information content (AvgIpc) is 3.03. The molecule has 3 N–H and O–H groups in total. The Labute approximate surface area is 114 Å². The predicted molar refractivity (Wildman–Crippen MR) is 77.5 cm³/mol. The molecule has 2 heterocycles. The van der Waals surface area contributed by atoms with Crippen LogP contribution in [0.15, 0.2) is 6.07 Å². The molecule has 1 saturated heterocycles. The molecule has 1 aliphatic heterocycles. The van der Waals surface area contributed by atoms with Crippen molar-refractivity contribution in [3.8, 4) is 0 Å². The Bertz CT molecular complexity index is 424. The maximum atomic E-state index is 4.45. The van der Waals surface area contributed by atoms with E-state index in [0.29, 0.717) is 6.04 Å². The van der Waals surface area contributed by atoms with Crippen molar-refractivity contribution in [2.45, 2.75) is 38.6 Å². The second-order valence-electron chi connectivity index (χ2n) is 5.68. The minimum atomic E-state index is 0.631. The summed E-state index contributed by atoms with van der Waals surface area (Å²) >= 11 is 0.